The Kier molecular flexibility index (Phi) is 5.89. The van der Waals surface area contributed by atoms with Crippen molar-refractivity contribution in [2.75, 3.05) is 5.32 Å². The number of hydrogen-bond acceptors (Lipinski definition) is 7. The minimum absolute atomic E-state index is 0.122. The second-order valence-corrected chi connectivity index (χ2v) is 7.76. The van der Waals surface area contributed by atoms with Crippen LogP contribution in [0.2, 0.25) is 0 Å². The molecule has 2 aromatic heterocycles. The Morgan fingerprint density at radius 3 is 2.73 bits per heavy atom. The number of hydrogen-bond donors (Lipinski definition) is 1. The fourth-order valence-corrected chi connectivity index (χ4v) is 3.60. The number of amides is 1. The molecule has 0 aliphatic heterocycles. The third kappa shape index (κ3) is 4.41. The van der Waals surface area contributed by atoms with Crippen molar-refractivity contribution in [1.29, 1.82) is 0 Å². The molecule has 0 aliphatic carbocycles. The SMILES string of the molecule is CC(Sc1nnc(C(C)Oc2ccccc2)n1C)C(=O)Nc1nccs1. The van der Waals surface area contributed by atoms with E-state index in [0.717, 1.165) is 5.75 Å². The number of carbonyl (C=O) groups is 1. The van der Waals surface area contributed by atoms with Crippen LogP contribution in [-0.4, -0.2) is 30.9 Å². The average molecular weight is 390 g/mol. The van der Waals surface area contributed by atoms with Gasteiger partial charge in [0, 0.05) is 18.6 Å². The Labute approximate surface area is 159 Å². The zero-order chi connectivity index (χ0) is 18.5. The van der Waals surface area contributed by atoms with Gasteiger partial charge in [0.2, 0.25) is 5.91 Å². The zero-order valence-electron chi connectivity index (χ0n) is 14.6. The number of para-hydroxylation sites is 1. The Morgan fingerprint density at radius 2 is 2.04 bits per heavy atom. The quantitative estimate of drug-likeness (QED) is 0.623. The number of rotatable bonds is 7. The number of ether oxygens (including phenoxy) is 1. The van der Waals surface area contributed by atoms with Crippen molar-refractivity contribution >= 4 is 34.1 Å². The molecule has 0 fully saturated rings. The van der Waals surface area contributed by atoms with Crippen LogP contribution in [0.1, 0.15) is 25.8 Å². The van der Waals surface area contributed by atoms with Gasteiger partial charge in [-0.15, -0.1) is 21.5 Å². The maximum absolute atomic E-state index is 12.3. The molecule has 0 spiro atoms. The lowest BCUT2D eigenvalue weighted by molar-refractivity contribution is -0.115. The molecule has 0 radical (unpaired) electrons. The fraction of sp³-hybridized carbons (Fsp3) is 0.294. The summed E-state index contributed by atoms with van der Waals surface area (Å²) in [6.45, 7) is 3.75. The van der Waals surface area contributed by atoms with E-state index in [-0.39, 0.29) is 17.3 Å². The van der Waals surface area contributed by atoms with E-state index in [0.29, 0.717) is 16.1 Å². The van der Waals surface area contributed by atoms with Gasteiger partial charge in [0.05, 0.1) is 5.25 Å². The number of carbonyl (C=O) groups excluding carboxylic acids is 1. The second-order valence-electron chi connectivity index (χ2n) is 5.56. The molecule has 0 aliphatic rings. The number of nitrogens with one attached hydrogen (secondary N) is 1. The molecule has 7 nitrogen and oxygen atoms in total. The summed E-state index contributed by atoms with van der Waals surface area (Å²) in [5, 5.41) is 13.9. The van der Waals surface area contributed by atoms with Crippen LogP contribution in [0.5, 0.6) is 5.75 Å². The van der Waals surface area contributed by atoms with Gasteiger partial charge in [0.25, 0.3) is 0 Å². The summed E-state index contributed by atoms with van der Waals surface area (Å²) in [4.78, 5) is 16.3. The Bertz CT molecular complexity index is 851. The molecule has 9 heteroatoms. The Hall–Kier alpha value is -2.39. The summed E-state index contributed by atoms with van der Waals surface area (Å²) in [7, 11) is 1.87. The molecule has 3 rings (SSSR count). The van der Waals surface area contributed by atoms with E-state index >= 15 is 0 Å². The van der Waals surface area contributed by atoms with Gasteiger partial charge >= 0.3 is 0 Å². The van der Waals surface area contributed by atoms with Crippen molar-refractivity contribution in [2.24, 2.45) is 7.05 Å². The van der Waals surface area contributed by atoms with Crippen LogP contribution >= 0.6 is 23.1 Å². The van der Waals surface area contributed by atoms with Crippen LogP contribution in [0.4, 0.5) is 5.13 Å². The highest BCUT2D eigenvalue weighted by Crippen LogP contribution is 2.26. The van der Waals surface area contributed by atoms with Gasteiger partial charge in [-0.2, -0.15) is 0 Å². The molecule has 2 heterocycles. The van der Waals surface area contributed by atoms with E-state index in [9.17, 15) is 4.79 Å². The normalized spacial score (nSPS) is 13.2. The fourth-order valence-electron chi connectivity index (χ4n) is 2.24. The van der Waals surface area contributed by atoms with Crippen LogP contribution in [0.25, 0.3) is 0 Å². The van der Waals surface area contributed by atoms with Crippen molar-refractivity contribution in [1.82, 2.24) is 19.7 Å². The summed E-state index contributed by atoms with van der Waals surface area (Å²) in [5.41, 5.74) is 0. The van der Waals surface area contributed by atoms with Crippen LogP contribution in [-0.2, 0) is 11.8 Å². The highest BCUT2D eigenvalue weighted by Gasteiger charge is 2.22. The van der Waals surface area contributed by atoms with E-state index in [4.69, 9.17) is 4.74 Å². The Morgan fingerprint density at radius 1 is 1.27 bits per heavy atom. The number of aromatic nitrogens is 4. The molecule has 0 saturated carbocycles. The molecule has 2 unspecified atom stereocenters. The van der Waals surface area contributed by atoms with Crippen LogP contribution in [0, 0.1) is 0 Å². The van der Waals surface area contributed by atoms with Crippen LogP contribution in [0.3, 0.4) is 0 Å². The predicted molar refractivity (Wildman–Crippen MR) is 103 cm³/mol. The molecular formula is C17H19N5O2S2. The third-order valence-corrected chi connectivity index (χ3v) is 5.42. The van der Waals surface area contributed by atoms with Gasteiger partial charge in [0.15, 0.2) is 22.2 Å². The topological polar surface area (TPSA) is 81.9 Å². The number of nitrogens with zero attached hydrogens (tertiary/aromatic N) is 4. The van der Waals surface area contributed by atoms with Gasteiger partial charge < -0.3 is 14.6 Å². The molecule has 26 heavy (non-hydrogen) atoms. The maximum Gasteiger partial charge on any atom is 0.239 e. The third-order valence-electron chi connectivity index (χ3n) is 3.60. The van der Waals surface area contributed by atoms with Gasteiger partial charge in [0.1, 0.15) is 5.75 Å². The second kappa shape index (κ2) is 8.33. The average Bonchev–Trinajstić information content (AvgIpc) is 3.26. The minimum Gasteiger partial charge on any atom is -0.483 e. The number of thiazole rings is 1. The van der Waals surface area contributed by atoms with Crippen molar-refractivity contribution < 1.29 is 9.53 Å². The summed E-state index contributed by atoms with van der Waals surface area (Å²) in [5.74, 6) is 1.35. The van der Waals surface area contributed by atoms with E-state index in [2.05, 4.69) is 20.5 Å². The van der Waals surface area contributed by atoms with Gasteiger partial charge in [-0.25, -0.2) is 4.98 Å². The minimum atomic E-state index is -0.333. The van der Waals surface area contributed by atoms with E-state index < -0.39 is 0 Å². The molecule has 2 atom stereocenters. The highest BCUT2D eigenvalue weighted by molar-refractivity contribution is 8.00. The molecule has 1 N–H and O–H groups in total. The largest absolute Gasteiger partial charge is 0.483 e. The molecule has 0 bridgehead atoms. The van der Waals surface area contributed by atoms with Crippen molar-refractivity contribution in [3.05, 3.63) is 47.7 Å². The number of thioether (sulfide) groups is 1. The van der Waals surface area contributed by atoms with Crippen LogP contribution in [0.15, 0.2) is 47.1 Å². The smallest absolute Gasteiger partial charge is 0.239 e. The molecule has 0 saturated heterocycles. The summed E-state index contributed by atoms with van der Waals surface area (Å²) < 4.78 is 7.75. The monoisotopic (exact) mass is 389 g/mol. The lowest BCUT2D eigenvalue weighted by Crippen LogP contribution is -2.22. The first-order valence-corrected chi connectivity index (χ1v) is 9.78. The Balaban J connectivity index is 1.63. The summed E-state index contributed by atoms with van der Waals surface area (Å²) in [6, 6.07) is 9.57. The number of anilines is 1. The number of benzene rings is 1. The van der Waals surface area contributed by atoms with Crippen molar-refractivity contribution in [2.45, 2.75) is 30.4 Å². The predicted octanol–water partition coefficient (Wildman–Crippen LogP) is 3.53. The molecule has 1 amide bonds. The highest BCUT2D eigenvalue weighted by atomic mass is 32.2. The van der Waals surface area contributed by atoms with Gasteiger partial charge in [-0.1, -0.05) is 30.0 Å². The van der Waals surface area contributed by atoms with Crippen molar-refractivity contribution in [3.8, 4) is 5.75 Å². The van der Waals surface area contributed by atoms with Gasteiger partial charge in [-0.05, 0) is 26.0 Å². The van der Waals surface area contributed by atoms with Gasteiger partial charge in [-0.3, -0.25) is 4.79 Å². The summed E-state index contributed by atoms with van der Waals surface area (Å²) >= 11 is 2.73. The standard InChI is InChI=1S/C17H19N5O2S2/c1-11(24-13-7-5-4-6-8-13)14-20-21-17(22(14)3)26-12(2)15(23)19-16-18-9-10-25-16/h4-12H,1-3H3,(H,18,19,23). The molecular weight excluding hydrogens is 370 g/mol. The zero-order valence-corrected chi connectivity index (χ0v) is 16.3. The summed E-state index contributed by atoms with van der Waals surface area (Å²) in [6.07, 6.45) is 1.39. The van der Waals surface area contributed by atoms with Crippen LogP contribution < -0.4 is 10.1 Å². The first kappa shape index (κ1) is 18.4. The maximum atomic E-state index is 12.3. The van der Waals surface area contributed by atoms with E-state index in [1.807, 2.05) is 61.2 Å². The lowest BCUT2D eigenvalue weighted by Gasteiger charge is -2.14. The van der Waals surface area contributed by atoms with Crippen molar-refractivity contribution in [3.63, 3.8) is 0 Å². The van der Waals surface area contributed by atoms with E-state index in [1.165, 1.54) is 23.1 Å². The molecule has 1 aromatic carbocycles. The molecule has 136 valence electrons. The first-order chi connectivity index (χ1) is 12.5. The van der Waals surface area contributed by atoms with E-state index in [1.54, 1.807) is 6.20 Å². The molecule has 3 aromatic rings. The first-order valence-electron chi connectivity index (χ1n) is 8.02. The lowest BCUT2D eigenvalue weighted by atomic mass is 10.3.